The summed E-state index contributed by atoms with van der Waals surface area (Å²) in [6.45, 7) is 6.14. The van der Waals surface area contributed by atoms with E-state index >= 15 is 0 Å². The molecular weight excluding hydrogens is 358 g/mol. The first-order chi connectivity index (χ1) is 14.1. The highest BCUT2D eigenvalue weighted by molar-refractivity contribution is 5.95. The summed E-state index contributed by atoms with van der Waals surface area (Å²) in [4.78, 5) is 4.80. The second-order valence-electron chi connectivity index (χ2n) is 7.29. The van der Waals surface area contributed by atoms with Crippen LogP contribution in [0.2, 0.25) is 0 Å². The summed E-state index contributed by atoms with van der Waals surface area (Å²) in [6, 6.07) is 22.8. The predicted molar refractivity (Wildman–Crippen MR) is 118 cm³/mol. The number of hydrogen-bond donors (Lipinski definition) is 1. The van der Waals surface area contributed by atoms with Gasteiger partial charge in [0.15, 0.2) is 5.82 Å². The Hall–Kier alpha value is -3.73. The van der Waals surface area contributed by atoms with Gasteiger partial charge in [0.25, 0.3) is 0 Å². The van der Waals surface area contributed by atoms with Gasteiger partial charge in [0.2, 0.25) is 0 Å². The highest BCUT2D eigenvalue weighted by atomic mass is 15.2. The molecule has 0 spiro atoms. The van der Waals surface area contributed by atoms with Crippen LogP contribution in [-0.4, -0.2) is 19.7 Å². The molecular formula is C24H21N5. The molecule has 0 aliphatic rings. The van der Waals surface area contributed by atoms with Crippen molar-refractivity contribution in [2.24, 2.45) is 0 Å². The monoisotopic (exact) mass is 379 g/mol. The van der Waals surface area contributed by atoms with Crippen LogP contribution in [0.25, 0.3) is 27.5 Å². The molecule has 5 aromatic rings. The molecule has 5 rings (SSSR count). The van der Waals surface area contributed by atoms with Gasteiger partial charge in [-0.3, -0.25) is 4.57 Å². The van der Waals surface area contributed by atoms with Crippen molar-refractivity contribution >= 4 is 33.3 Å². The highest BCUT2D eigenvalue weighted by Gasteiger charge is 2.12. The number of hydrogen-bond acceptors (Lipinski definition) is 4. The van der Waals surface area contributed by atoms with Crippen molar-refractivity contribution in [3.63, 3.8) is 0 Å². The molecule has 5 heteroatoms. The number of aromatic nitrogens is 4. The molecule has 0 fully saturated rings. The normalized spacial score (nSPS) is 11.3. The Morgan fingerprint density at radius 1 is 0.793 bits per heavy atom. The molecule has 0 saturated carbocycles. The molecule has 3 aromatic carbocycles. The van der Waals surface area contributed by atoms with Crippen molar-refractivity contribution < 1.29 is 0 Å². The van der Waals surface area contributed by atoms with E-state index in [1.165, 1.54) is 5.56 Å². The minimum Gasteiger partial charge on any atom is -0.338 e. The number of rotatable bonds is 3. The number of nitrogens with zero attached hydrogens (tertiary/aromatic N) is 4. The lowest BCUT2D eigenvalue weighted by Gasteiger charge is -2.11. The van der Waals surface area contributed by atoms with E-state index in [0.29, 0.717) is 0 Å². The van der Waals surface area contributed by atoms with Gasteiger partial charge in [-0.05, 0) is 50.6 Å². The minimum absolute atomic E-state index is 0.751. The molecule has 29 heavy (non-hydrogen) atoms. The number of para-hydroxylation sites is 1. The second-order valence-corrected chi connectivity index (χ2v) is 7.29. The van der Waals surface area contributed by atoms with Crippen molar-refractivity contribution in [1.29, 1.82) is 0 Å². The third-order valence-corrected chi connectivity index (χ3v) is 5.31. The smallest absolute Gasteiger partial charge is 0.160 e. The molecule has 0 bridgehead atoms. The number of anilines is 2. The molecule has 0 saturated heterocycles. The number of aryl methyl sites for hydroxylation is 3. The molecule has 0 aliphatic carbocycles. The zero-order valence-electron chi connectivity index (χ0n) is 16.6. The molecule has 0 atom stereocenters. The predicted octanol–water partition coefficient (Wildman–Crippen LogP) is 5.64. The second kappa shape index (κ2) is 6.71. The fraction of sp³-hybridized carbons (Fsp3) is 0.125. The first-order valence-electron chi connectivity index (χ1n) is 9.66. The lowest BCUT2D eigenvalue weighted by molar-refractivity contribution is 0.990. The van der Waals surface area contributed by atoms with Gasteiger partial charge in [0.05, 0.1) is 22.4 Å². The quantitative estimate of drug-likeness (QED) is 0.441. The van der Waals surface area contributed by atoms with Crippen LogP contribution in [-0.2, 0) is 0 Å². The Kier molecular flexibility index (Phi) is 4.02. The van der Waals surface area contributed by atoms with Gasteiger partial charge in [-0.1, -0.05) is 42.5 Å². The van der Waals surface area contributed by atoms with Crippen LogP contribution >= 0.6 is 0 Å². The van der Waals surface area contributed by atoms with Crippen LogP contribution in [0.4, 0.5) is 11.5 Å². The van der Waals surface area contributed by atoms with Crippen LogP contribution in [0.15, 0.2) is 66.7 Å². The summed E-state index contributed by atoms with van der Waals surface area (Å²) in [5.41, 5.74) is 6.27. The van der Waals surface area contributed by atoms with Crippen LogP contribution in [0.5, 0.6) is 0 Å². The molecule has 0 radical (unpaired) electrons. The summed E-state index contributed by atoms with van der Waals surface area (Å²) in [5.74, 6) is 1.72. The van der Waals surface area contributed by atoms with E-state index in [2.05, 4.69) is 81.6 Å². The van der Waals surface area contributed by atoms with Crippen molar-refractivity contribution in [1.82, 2.24) is 19.7 Å². The summed E-state index contributed by atoms with van der Waals surface area (Å²) >= 11 is 0. The van der Waals surface area contributed by atoms with E-state index in [4.69, 9.17) is 4.98 Å². The molecule has 0 amide bonds. The molecule has 5 nitrogen and oxygen atoms in total. The SMILES string of the molecule is Cc1ccccc1-n1c(C)nc2cc(Nc3nnc(C)c4ccccc34)ccc21. The van der Waals surface area contributed by atoms with E-state index in [0.717, 1.165) is 50.5 Å². The average molecular weight is 379 g/mol. The molecule has 1 N–H and O–H groups in total. The van der Waals surface area contributed by atoms with Crippen molar-refractivity contribution in [2.75, 3.05) is 5.32 Å². The standard InChI is InChI=1S/C24H21N5/c1-15-8-4-7-11-22(15)29-17(3)25-21-14-18(12-13-23(21)29)26-24-20-10-6-5-9-19(20)16(2)27-28-24/h4-14H,1-3H3,(H,26,28). The van der Waals surface area contributed by atoms with E-state index < -0.39 is 0 Å². The summed E-state index contributed by atoms with van der Waals surface area (Å²) in [7, 11) is 0. The lowest BCUT2D eigenvalue weighted by Crippen LogP contribution is -2.00. The molecule has 2 aromatic heterocycles. The summed E-state index contributed by atoms with van der Waals surface area (Å²) in [6.07, 6.45) is 0. The van der Waals surface area contributed by atoms with E-state index in [1.54, 1.807) is 0 Å². The third kappa shape index (κ3) is 2.91. The Labute approximate surface area is 169 Å². The number of benzene rings is 3. The zero-order valence-corrected chi connectivity index (χ0v) is 16.6. The summed E-state index contributed by atoms with van der Waals surface area (Å²) < 4.78 is 2.20. The van der Waals surface area contributed by atoms with Gasteiger partial charge in [0.1, 0.15) is 5.82 Å². The number of fused-ring (bicyclic) bond motifs is 2. The van der Waals surface area contributed by atoms with Gasteiger partial charge in [0, 0.05) is 16.5 Å². The Bertz CT molecular complexity index is 1370. The Balaban J connectivity index is 1.59. The third-order valence-electron chi connectivity index (χ3n) is 5.31. The molecule has 0 unspecified atom stereocenters. The van der Waals surface area contributed by atoms with Crippen molar-refractivity contribution in [2.45, 2.75) is 20.8 Å². The largest absolute Gasteiger partial charge is 0.338 e. The molecule has 142 valence electrons. The molecule has 2 heterocycles. The summed E-state index contributed by atoms with van der Waals surface area (Å²) in [5, 5.41) is 14.3. The van der Waals surface area contributed by atoms with Crippen molar-refractivity contribution in [3.8, 4) is 5.69 Å². The van der Waals surface area contributed by atoms with Crippen LogP contribution < -0.4 is 5.32 Å². The maximum Gasteiger partial charge on any atom is 0.160 e. The van der Waals surface area contributed by atoms with Gasteiger partial charge < -0.3 is 5.32 Å². The van der Waals surface area contributed by atoms with Crippen LogP contribution in [0.1, 0.15) is 17.1 Å². The highest BCUT2D eigenvalue weighted by Crippen LogP contribution is 2.29. The first kappa shape index (κ1) is 17.4. The zero-order chi connectivity index (χ0) is 20.0. The Morgan fingerprint density at radius 2 is 1.55 bits per heavy atom. The minimum atomic E-state index is 0.751. The van der Waals surface area contributed by atoms with Gasteiger partial charge in [-0.15, -0.1) is 5.10 Å². The fourth-order valence-electron chi connectivity index (χ4n) is 3.86. The topological polar surface area (TPSA) is 55.6 Å². The van der Waals surface area contributed by atoms with E-state index in [1.807, 2.05) is 26.0 Å². The van der Waals surface area contributed by atoms with Gasteiger partial charge in [-0.25, -0.2) is 4.98 Å². The maximum atomic E-state index is 4.80. The number of nitrogens with one attached hydrogen (secondary N) is 1. The molecule has 0 aliphatic heterocycles. The van der Waals surface area contributed by atoms with Gasteiger partial charge >= 0.3 is 0 Å². The van der Waals surface area contributed by atoms with Gasteiger partial charge in [-0.2, -0.15) is 5.10 Å². The van der Waals surface area contributed by atoms with Crippen LogP contribution in [0.3, 0.4) is 0 Å². The van der Waals surface area contributed by atoms with Crippen LogP contribution in [0, 0.1) is 20.8 Å². The fourth-order valence-corrected chi connectivity index (χ4v) is 3.86. The maximum absolute atomic E-state index is 4.80. The van der Waals surface area contributed by atoms with E-state index in [9.17, 15) is 0 Å². The Morgan fingerprint density at radius 3 is 2.38 bits per heavy atom. The lowest BCUT2D eigenvalue weighted by atomic mass is 10.1. The van der Waals surface area contributed by atoms with Crippen molar-refractivity contribution in [3.05, 3.63) is 83.8 Å². The van der Waals surface area contributed by atoms with E-state index in [-0.39, 0.29) is 0 Å². The number of imidazole rings is 1. The average Bonchev–Trinajstić information content (AvgIpc) is 3.05. The first-order valence-corrected chi connectivity index (χ1v) is 9.66.